The first kappa shape index (κ1) is 8.53. The van der Waals surface area contributed by atoms with E-state index in [-0.39, 0.29) is 6.04 Å². The predicted octanol–water partition coefficient (Wildman–Crippen LogP) is 1.14. The molecule has 1 heterocycles. The molecule has 0 spiro atoms. The molecule has 0 aromatic rings. The van der Waals surface area contributed by atoms with Crippen molar-refractivity contribution >= 4 is 5.71 Å². The third-order valence-corrected chi connectivity index (χ3v) is 1.78. The van der Waals surface area contributed by atoms with Gasteiger partial charge in [-0.25, -0.2) is 0 Å². The Morgan fingerprint density at radius 3 is 2.82 bits per heavy atom. The van der Waals surface area contributed by atoms with Crippen LogP contribution >= 0.6 is 0 Å². The highest BCUT2D eigenvalue weighted by Gasteiger charge is 2.16. The Morgan fingerprint density at radius 1 is 1.64 bits per heavy atom. The van der Waals surface area contributed by atoms with Crippen LogP contribution in [0, 0.1) is 5.92 Å². The number of oxime groups is 1. The summed E-state index contributed by atoms with van der Waals surface area (Å²) in [7, 11) is 0. The summed E-state index contributed by atoms with van der Waals surface area (Å²) in [4.78, 5) is 4.87. The minimum Gasteiger partial charge on any atom is -0.395 e. The van der Waals surface area contributed by atoms with E-state index in [0.717, 1.165) is 18.6 Å². The third-order valence-electron chi connectivity index (χ3n) is 1.78. The van der Waals surface area contributed by atoms with Crippen molar-refractivity contribution in [2.24, 2.45) is 16.8 Å². The Bertz CT molecular complexity index is 154. The summed E-state index contributed by atoms with van der Waals surface area (Å²) in [5.74, 6) is 0.633. The molecule has 0 bridgehead atoms. The highest BCUT2D eigenvalue weighted by Crippen LogP contribution is 2.09. The minimum absolute atomic E-state index is 0.109. The average Bonchev–Trinajstić information content (AvgIpc) is 2.35. The van der Waals surface area contributed by atoms with Crippen molar-refractivity contribution in [1.29, 1.82) is 0 Å². The number of nitrogens with two attached hydrogens (primary N) is 1. The van der Waals surface area contributed by atoms with Gasteiger partial charge in [0.15, 0.2) is 0 Å². The van der Waals surface area contributed by atoms with Crippen LogP contribution in [0.3, 0.4) is 0 Å². The quantitative estimate of drug-likeness (QED) is 0.666. The van der Waals surface area contributed by atoms with E-state index in [9.17, 15) is 0 Å². The van der Waals surface area contributed by atoms with Gasteiger partial charge in [0.05, 0.1) is 5.71 Å². The molecule has 0 aromatic carbocycles. The van der Waals surface area contributed by atoms with Gasteiger partial charge in [-0.05, 0) is 12.3 Å². The molecule has 0 amide bonds. The van der Waals surface area contributed by atoms with Gasteiger partial charge >= 0.3 is 0 Å². The smallest absolute Gasteiger partial charge is 0.122 e. The molecule has 0 fully saturated rings. The van der Waals surface area contributed by atoms with Crippen LogP contribution in [0.1, 0.15) is 26.7 Å². The van der Waals surface area contributed by atoms with Crippen LogP contribution in [0.2, 0.25) is 0 Å². The lowest BCUT2D eigenvalue weighted by Gasteiger charge is -2.11. The summed E-state index contributed by atoms with van der Waals surface area (Å²) >= 11 is 0. The van der Waals surface area contributed by atoms with Gasteiger partial charge in [0.1, 0.15) is 6.61 Å². The zero-order valence-electron chi connectivity index (χ0n) is 7.21. The van der Waals surface area contributed by atoms with Crippen molar-refractivity contribution < 1.29 is 4.84 Å². The molecule has 3 heteroatoms. The van der Waals surface area contributed by atoms with Gasteiger partial charge in [-0.15, -0.1) is 0 Å². The Morgan fingerprint density at radius 2 is 2.36 bits per heavy atom. The van der Waals surface area contributed by atoms with Crippen LogP contribution in [0.25, 0.3) is 0 Å². The lowest BCUT2D eigenvalue weighted by atomic mass is 9.99. The summed E-state index contributed by atoms with van der Waals surface area (Å²) in [6, 6.07) is 0.109. The molecule has 0 unspecified atom stereocenters. The van der Waals surface area contributed by atoms with Crippen molar-refractivity contribution in [2.45, 2.75) is 32.7 Å². The second-order valence-corrected chi connectivity index (χ2v) is 3.40. The van der Waals surface area contributed by atoms with Crippen LogP contribution in [0.5, 0.6) is 0 Å². The van der Waals surface area contributed by atoms with Crippen molar-refractivity contribution in [3.63, 3.8) is 0 Å². The molecule has 0 saturated heterocycles. The van der Waals surface area contributed by atoms with Crippen molar-refractivity contribution in [3.8, 4) is 0 Å². The fraction of sp³-hybridized carbons (Fsp3) is 0.875. The van der Waals surface area contributed by atoms with Crippen LogP contribution in [0.15, 0.2) is 5.16 Å². The van der Waals surface area contributed by atoms with Crippen molar-refractivity contribution in [1.82, 2.24) is 0 Å². The number of hydrogen-bond donors (Lipinski definition) is 1. The summed E-state index contributed by atoms with van der Waals surface area (Å²) in [6.07, 6.45) is 1.91. The summed E-state index contributed by atoms with van der Waals surface area (Å²) in [5.41, 5.74) is 6.90. The molecule has 2 N–H and O–H groups in total. The molecule has 1 aliphatic rings. The Kier molecular flexibility index (Phi) is 2.88. The first-order chi connectivity index (χ1) is 5.20. The first-order valence-corrected chi connectivity index (χ1v) is 4.14. The van der Waals surface area contributed by atoms with Crippen molar-refractivity contribution in [3.05, 3.63) is 0 Å². The molecular formula is C8H16N2O. The highest BCUT2D eigenvalue weighted by atomic mass is 16.6. The molecule has 0 radical (unpaired) electrons. The van der Waals surface area contributed by atoms with Crippen LogP contribution in [-0.4, -0.2) is 18.4 Å². The minimum atomic E-state index is 0.109. The third kappa shape index (κ3) is 2.50. The van der Waals surface area contributed by atoms with Crippen molar-refractivity contribution in [2.75, 3.05) is 6.61 Å². The average molecular weight is 156 g/mol. The van der Waals surface area contributed by atoms with Crippen LogP contribution in [0.4, 0.5) is 0 Å². The molecule has 64 valence electrons. The van der Waals surface area contributed by atoms with Gasteiger partial charge in [-0.1, -0.05) is 19.0 Å². The van der Waals surface area contributed by atoms with E-state index in [2.05, 4.69) is 19.0 Å². The summed E-state index contributed by atoms with van der Waals surface area (Å²) in [5, 5.41) is 3.88. The monoisotopic (exact) mass is 156 g/mol. The Hall–Kier alpha value is -0.570. The Labute approximate surface area is 67.6 Å². The van der Waals surface area contributed by atoms with Gasteiger partial charge in [-0.3, -0.25) is 0 Å². The first-order valence-electron chi connectivity index (χ1n) is 4.14. The molecule has 3 nitrogen and oxygen atoms in total. The molecule has 11 heavy (non-hydrogen) atoms. The van der Waals surface area contributed by atoms with Crippen LogP contribution < -0.4 is 5.73 Å². The molecule has 0 aliphatic carbocycles. The second-order valence-electron chi connectivity index (χ2n) is 3.40. The zero-order valence-corrected chi connectivity index (χ0v) is 7.21. The highest BCUT2D eigenvalue weighted by molar-refractivity contribution is 5.89. The fourth-order valence-electron chi connectivity index (χ4n) is 1.22. The van der Waals surface area contributed by atoms with Crippen LogP contribution in [-0.2, 0) is 4.84 Å². The Balaban J connectivity index is 2.34. The molecular weight excluding hydrogens is 140 g/mol. The number of hydrogen-bond acceptors (Lipinski definition) is 3. The van der Waals surface area contributed by atoms with E-state index in [1.807, 2.05) is 0 Å². The maximum absolute atomic E-state index is 5.87. The van der Waals surface area contributed by atoms with E-state index >= 15 is 0 Å². The largest absolute Gasteiger partial charge is 0.395 e. The molecule has 1 rings (SSSR count). The zero-order chi connectivity index (χ0) is 8.27. The van der Waals surface area contributed by atoms with E-state index in [1.165, 1.54) is 0 Å². The summed E-state index contributed by atoms with van der Waals surface area (Å²) in [6.45, 7) is 5.04. The SMILES string of the molecule is CC(C)C[C@H](N)C1=NOCC1. The van der Waals surface area contributed by atoms with Gasteiger partial charge < -0.3 is 10.6 Å². The van der Waals surface area contributed by atoms with Gasteiger partial charge in [-0.2, -0.15) is 0 Å². The molecule has 1 atom stereocenters. The summed E-state index contributed by atoms with van der Waals surface area (Å²) < 4.78 is 0. The molecule has 0 aromatic heterocycles. The van der Waals surface area contributed by atoms with Gasteiger partial charge in [0, 0.05) is 12.5 Å². The normalized spacial score (nSPS) is 19.8. The molecule has 0 saturated carbocycles. The molecule has 1 aliphatic heterocycles. The standard InChI is InChI=1S/C8H16N2O/c1-6(2)5-7(9)8-3-4-11-10-8/h6-7H,3-5,9H2,1-2H3/t7-/m0/s1. The topological polar surface area (TPSA) is 47.6 Å². The lowest BCUT2D eigenvalue weighted by Crippen LogP contribution is -2.30. The van der Waals surface area contributed by atoms with Gasteiger partial charge in [0.25, 0.3) is 0 Å². The van der Waals surface area contributed by atoms with E-state index in [4.69, 9.17) is 10.6 Å². The number of rotatable bonds is 3. The lowest BCUT2D eigenvalue weighted by molar-refractivity contribution is 0.173. The van der Waals surface area contributed by atoms with Gasteiger partial charge in [0.2, 0.25) is 0 Å². The van der Waals surface area contributed by atoms with E-state index in [0.29, 0.717) is 12.5 Å². The fourth-order valence-corrected chi connectivity index (χ4v) is 1.22. The van der Waals surface area contributed by atoms with E-state index in [1.54, 1.807) is 0 Å². The van der Waals surface area contributed by atoms with E-state index < -0.39 is 0 Å². The maximum atomic E-state index is 5.87. The second kappa shape index (κ2) is 3.72. The number of nitrogens with zero attached hydrogens (tertiary/aromatic N) is 1. The maximum Gasteiger partial charge on any atom is 0.122 e. The predicted molar refractivity (Wildman–Crippen MR) is 45.4 cm³/mol.